The molecule has 1 atom stereocenters. The van der Waals surface area contributed by atoms with Crippen LogP contribution in [-0.2, 0) is 28.6 Å². The van der Waals surface area contributed by atoms with E-state index in [-0.39, 0.29) is 31.1 Å². The summed E-state index contributed by atoms with van der Waals surface area (Å²) in [6.07, 6.45) is 66.4. The first-order valence-electron chi connectivity index (χ1n) is 30.7. The minimum Gasteiger partial charge on any atom is -0.462 e. The number of esters is 3. The van der Waals surface area contributed by atoms with Crippen molar-refractivity contribution >= 4 is 17.9 Å². The summed E-state index contributed by atoms with van der Waals surface area (Å²) in [5, 5.41) is 0. The van der Waals surface area contributed by atoms with Crippen molar-refractivity contribution in [2.24, 2.45) is 0 Å². The van der Waals surface area contributed by atoms with E-state index in [0.29, 0.717) is 19.3 Å². The lowest BCUT2D eigenvalue weighted by Gasteiger charge is -2.18. The molecule has 0 amide bonds. The van der Waals surface area contributed by atoms with E-state index in [1.165, 1.54) is 244 Å². The van der Waals surface area contributed by atoms with Crippen LogP contribution in [-0.4, -0.2) is 37.2 Å². The molecule has 0 spiro atoms. The number of rotatable bonds is 57. The van der Waals surface area contributed by atoms with E-state index in [0.717, 1.165) is 64.2 Å². The smallest absolute Gasteiger partial charge is 0.306 e. The van der Waals surface area contributed by atoms with E-state index in [1.807, 2.05) is 0 Å². The largest absolute Gasteiger partial charge is 0.462 e. The van der Waals surface area contributed by atoms with Crippen molar-refractivity contribution in [1.82, 2.24) is 0 Å². The Bertz CT molecular complexity index is 1060. The lowest BCUT2D eigenvalue weighted by molar-refractivity contribution is -0.167. The van der Waals surface area contributed by atoms with Crippen LogP contribution in [0, 0.1) is 0 Å². The van der Waals surface area contributed by atoms with Gasteiger partial charge in [-0.3, -0.25) is 14.4 Å². The summed E-state index contributed by atoms with van der Waals surface area (Å²) >= 11 is 0. The summed E-state index contributed by atoms with van der Waals surface area (Å²) in [6, 6.07) is 0. The van der Waals surface area contributed by atoms with E-state index in [9.17, 15) is 14.4 Å². The van der Waals surface area contributed by atoms with Crippen LogP contribution in [0.5, 0.6) is 0 Å². The average molecular weight is 960 g/mol. The SMILES string of the molecule is CCCCCCCCC/C=C\CCCCCC(=O)OCC(COC(=O)CCCCCCCCCCCCCCCCCCCCC)OC(=O)CCCCCCCCCCCCCCCCCCC. The molecule has 0 saturated carbocycles. The Morgan fingerprint density at radius 1 is 0.279 bits per heavy atom. The highest BCUT2D eigenvalue weighted by atomic mass is 16.6. The molecule has 0 aromatic heterocycles. The van der Waals surface area contributed by atoms with Crippen LogP contribution in [0.4, 0.5) is 0 Å². The molecule has 0 fully saturated rings. The first-order valence-corrected chi connectivity index (χ1v) is 30.7. The van der Waals surface area contributed by atoms with Crippen molar-refractivity contribution in [3.8, 4) is 0 Å². The Morgan fingerprint density at radius 3 is 0.750 bits per heavy atom. The maximum atomic E-state index is 12.9. The van der Waals surface area contributed by atoms with Gasteiger partial charge in [0.1, 0.15) is 13.2 Å². The summed E-state index contributed by atoms with van der Waals surface area (Å²) in [4.78, 5) is 38.2. The summed E-state index contributed by atoms with van der Waals surface area (Å²) in [6.45, 7) is 6.69. The fourth-order valence-electron chi connectivity index (χ4n) is 9.38. The maximum Gasteiger partial charge on any atom is 0.306 e. The highest BCUT2D eigenvalue weighted by Gasteiger charge is 2.19. The zero-order chi connectivity index (χ0) is 49.3. The van der Waals surface area contributed by atoms with Crippen molar-refractivity contribution in [1.29, 1.82) is 0 Å². The van der Waals surface area contributed by atoms with Crippen LogP contribution in [0.2, 0.25) is 0 Å². The molecule has 0 saturated heterocycles. The third-order valence-corrected chi connectivity index (χ3v) is 14.0. The summed E-state index contributed by atoms with van der Waals surface area (Å²) in [5.41, 5.74) is 0. The van der Waals surface area contributed by atoms with Crippen LogP contribution < -0.4 is 0 Å². The number of carbonyl (C=O) groups excluding carboxylic acids is 3. The minimum atomic E-state index is -0.771. The van der Waals surface area contributed by atoms with Crippen molar-refractivity contribution in [3.63, 3.8) is 0 Å². The normalized spacial score (nSPS) is 12.0. The molecule has 0 radical (unpaired) electrons. The Labute approximate surface area is 424 Å². The highest BCUT2D eigenvalue weighted by molar-refractivity contribution is 5.71. The van der Waals surface area contributed by atoms with Gasteiger partial charge in [0.25, 0.3) is 0 Å². The van der Waals surface area contributed by atoms with Gasteiger partial charge in [0, 0.05) is 19.3 Å². The molecule has 0 aromatic rings. The van der Waals surface area contributed by atoms with E-state index in [4.69, 9.17) is 14.2 Å². The zero-order valence-electron chi connectivity index (χ0n) is 46.2. The second-order valence-corrected chi connectivity index (χ2v) is 21.0. The topological polar surface area (TPSA) is 78.9 Å². The number of carbonyl (C=O) groups is 3. The first-order chi connectivity index (χ1) is 33.5. The Kier molecular flexibility index (Phi) is 56.2. The van der Waals surface area contributed by atoms with Crippen LogP contribution in [0.15, 0.2) is 12.2 Å². The van der Waals surface area contributed by atoms with Gasteiger partial charge in [0.15, 0.2) is 6.10 Å². The second kappa shape index (κ2) is 57.7. The third-order valence-electron chi connectivity index (χ3n) is 14.0. The van der Waals surface area contributed by atoms with Crippen molar-refractivity contribution in [3.05, 3.63) is 12.2 Å². The Balaban J connectivity index is 4.30. The maximum absolute atomic E-state index is 12.9. The van der Waals surface area contributed by atoms with Crippen LogP contribution >= 0.6 is 0 Å². The van der Waals surface area contributed by atoms with Gasteiger partial charge in [-0.05, 0) is 44.9 Å². The predicted octanol–water partition coefficient (Wildman–Crippen LogP) is 20.5. The number of hydrogen-bond acceptors (Lipinski definition) is 6. The van der Waals surface area contributed by atoms with Crippen molar-refractivity contribution < 1.29 is 28.6 Å². The van der Waals surface area contributed by atoms with Crippen molar-refractivity contribution in [2.45, 2.75) is 354 Å². The quantitative estimate of drug-likeness (QED) is 0.0262. The Morgan fingerprint density at radius 2 is 0.485 bits per heavy atom. The monoisotopic (exact) mass is 959 g/mol. The molecule has 1 unspecified atom stereocenters. The molecule has 68 heavy (non-hydrogen) atoms. The fraction of sp³-hybridized carbons (Fsp3) is 0.919. The van der Waals surface area contributed by atoms with E-state index >= 15 is 0 Å². The van der Waals surface area contributed by atoms with Gasteiger partial charge in [-0.25, -0.2) is 0 Å². The minimum absolute atomic E-state index is 0.0682. The zero-order valence-corrected chi connectivity index (χ0v) is 46.2. The standard InChI is InChI=1S/C62H118O6/c1-4-7-10-13-16-19-22-25-28-30-31-33-34-37-40-43-46-49-52-55-61(64)67-58-59(57-66-60(63)54-51-48-45-42-39-36-27-24-21-18-15-12-9-6-3)68-62(65)56-53-50-47-44-41-38-35-32-29-26-23-20-17-14-11-8-5-2/h36,39,59H,4-35,37-38,40-58H2,1-3H3/b39-36-. The first kappa shape index (κ1) is 66.2. The molecule has 0 aliphatic heterocycles. The lowest BCUT2D eigenvalue weighted by Crippen LogP contribution is -2.30. The highest BCUT2D eigenvalue weighted by Crippen LogP contribution is 2.18. The van der Waals surface area contributed by atoms with Gasteiger partial charge in [-0.15, -0.1) is 0 Å². The molecule has 0 aromatic carbocycles. The third kappa shape index (κ3) is 55.1. The van der Waals surface area contributed by atoms with Crippen LogP contribution in [0.1, 0.15) is 348 Å². The molecule has 0 aliphatic rings. The van der Waals surface area contributed by atoms with E-state index in [1.54, 1.807) is 0 Å². The van der Waals surface area contributed by atoms with Gasteiger partial charge in [-0.1, -0.05) is 296 Å². The molecule has 402 valence electrons. The number of ether oxygens (including phenoxy) is 3. The Hall–Kier alpha value is -1.85. The second-order valence-electron chi connectivity index (χ2n) is 21.0. The molecular weight excluding hydrogens is 841 g/mol. The predicted molar refractivity (Wildman–Crippen MR) is 293 cm³/mol. The van der Waals surface area contributed by atoms with Gasteiger partial charge in [-0.2, -0.15) is 0 Å². The van der Waals surface area contributed by atoms with Gasteiger partial charge in [0.05, 0.1) is 0 Å². The van der Waals surface area contributed by atoms with Crippen molar-refractivity contribution in [2.75, 3.05) is 13.2 Å². The van der Waals surface area contributed by atoms with Crippen LogP contribution in [0.25, 0.3) is 0 Å². The molecule has 6 heteroatoms. The fourth-order valence-corrected chi connectivity index (χ4v) is 9.38. The molecule has 6 nitrogen and oxygen atoms in total. The molecule has 0 heterocycles. The average Bonchev–Trinajstić information content (AvgIpc) is 3.34. The molecule has 0 rings (SSSR count). The molecular formula is C62H118O6. The van der Waals surface area contributed by atoms with Gasteiger partial charge < -0.3 is 14.2 Å². The van der Waals surface area contributed by atoms with E-state index < -0.39 is 6.10 Å². The van der Waals surface area contributed by atoms with Crippen LogP contribution in [0.3, 0.4) is 0 Å². The van der Waals surface area contributed by atoms with E-state index in [2.05, 4.69) is 32.9 Å². The summed E-state index contributed by atoms with van der Waals surface area (Å²) in [5.74, 6) is -0.857. The lowest BCUT2D eigenvalue weighted by atomic mass is 10.0. The summed E-state index contributed by atoms with van der Waals surface area (Å²) in [7, 11) is 0. The van der Waals surface area contributed by atoms with Gasteiger partial charge in [0.2, 0.25) is 0 Å². The number of allylic oxidation sites excluding steroid dienone is 2. The summed E-state index contributed by atoms with van der Waals surface area (Å²) < 4.78 is 16.9. The number of unbranched alkanes of at least 4 members (excludes halogenated alkanes) is 44. The molecule has 0 aliphatic carbocycles. The van der Waals surface area contributed by atoms with Gasteiger partial charge >= 0.3 is 17.9 Å². The molecule has 0 bridgehead atoms. The molecule has 0 N–H and O–H groups in total. The number of hydrogen-bond donors (Lipinski definition) is 0.